The van der Waals surface area contributed by atoms with Crippen LogP contribution in [-0.4, -0.2) is 23.4 Å². The highest BCUT2D eigenvalue weighted by molar-refractivity contribution is 6.31. The molecule has 8 heteroatoms. The number of para-hydroxylation sites is 1. The molecule has 0 aliphatic heterocycles. The van der Waals surface area contributed by atoms with E-state index in [0.29, 0.717) is 4.90 Å². The third kappa shape index (κ3) is 4.54. The summed E-state index contributed by atoms with van der Waals surface area (Å²) in [6.45, 7) is 1.48. The summed E-state index contributed by atoms with van der Waals surface area (Å²) in [4.78, 5) is 36.0. The lowest BCUT2D eigenvalue weighted by Crippen LogP contribution is -2.29. The Morgan fingerprint density at radius 1 is 1.32 bits per heavy atom. The molecule has 130 valence electrons. The molecule has 2 rings (SSSR count). The number of nitrogens with zero attached hydrogens (tertiary/aromatic N) is 2. The van der Waals surface area contributed by atoms with E-state index in [0.717, 1.165) is 12.1 Å². The SMILES string of the molecule is [2H]c1c([2H])c([2H])c(N(C(=O)CC(=O)OCC)c2cc(Cl)ccc2[N+](=O)[O-])c([2H])c1[2H]. The van der Waals surface area contributed by atoms with Crippen molar-refractivity contribution < 1.29 is 26.1 Å². The zero-order chi connectivity index (χ0) is 22.7. The maximum Gasteiger partial charge on any atom is 0.315 e. The highest BCUT2D eigenvalue weighted by Gasteiger charge is 2.28. The number of carbonyl (C=O) groups excluding carboxylic acids is 2. The molecule has 0 spiro atoms. The Bertz CT molecular complexity index is 1020. The first kappa shape index (κ1) is 12.4. The van der Waals surface area contributed by atoms with Crippen LogP contribution in [0.4, 0.5) is 17.1 Å². The number of rotatable bonds is 6. The third-order valence-electron chi connectivity index (χ3n) is 2.94. The minimum atomic E-state index is -1.10. The summed E-state index contributed by atoms with van der Waals surface area (Å²) >= 11 is 5.93. The first-order chi connectivity index (χ1) is 14.0. The number of hydrogen-bond donors (Lipinski definition) is 0. The molecule has 0 saturated heterocycles. The largest absolute Gasteiger partial charge is 0.466 e. The predicted octanol–water partition coefficient (Wildman–Crippen LogP) is 3.87. The molecule has 0 bridgehead atoms. The van der Waals surface area contributed by atoms with Crippen LogP contribution in [-0.2, 0) is 14.3 Å². The molecule has 0 aliphatic carbocycles. The summed E-state index contributed by atoms with van der Waals surface area (Å²) in [6.07, 6.45) is -0.889. The van der Waals surface area contributed by atoms with Gasteiger partial charge in [0.15, 0.2) is 0 Å². The molecule has 0 saturated carbocycles. The molecule has 1 amide bonds. The molecule has 0 fully saturated rings. The van der Waals surface area contributed by atoms with Crippen LogP contribution in [0, 0.1) is 10.1 Å². The number of hydrogen-bond acceptors (Lipinski definition) is 5. The molecule has 0 radical (unpaired) electrons. The molecule has 0 unspecified atom stereocenters. The van der Waals surface area contributed by atoms with E-state index in [1.54, 1.807) is 0 Å². The number of amides is 1. The van der Waals surface area contributed by atoms with Crippen molar-refractivity contribution in [2.24, 2.45) is 0 Å². The van der Waals surface area contributed by atoms with Gasteiger partial charge in [0.25, 0.3) is 5.69 Å². The van der Waals surface area contributed by atoms with Crippen molar-refractivity contribution in [1.29, 1.82) is 0 Å². The number of benzene rings is 2. The van der Waals surface area contributed by atoms with Gasteiger partial charge in [-0.1, -0.05) is 29.7 Å². The quantitative estimate of drug-likeness (QED) is 0.334. The lowest BCUT2D eigenvalue weighted by atomic mass is 10.2. The Hall–Kier alpha value is -2.93. The van der Waals surface area contributed by atoms with Gasteiger partial charge < -0.3 is 4.74 Å². The Labute approximate surface area is 155 Å². The summed E-state index contributed by atoms with van der Waals surface area (Å²) in [6, 6.07) is -0.582. The Kier molecular flexibility index (Phi) is 4.10. The number of carbonyl (C=O) groups is 2. The predicted molar refractivity (Wildman–Crippen MR) is 92.9 cm³/mol. The first-order valence-corrected chi connectivity index (χ1v) is 7.38. The van der Waals surface area contributed by atoms with Gasteiger partial charge in [-0.25, -0.2) is 0 Å². The number of esters is 1. The highest BCUT2D eigenvalue weighted by atomic mass is 35.5. The maximum atomic E-state index is 13.0. The number of anilines is 2. The average Bonchev–Trinajstić information content (AvgIpc) is 2.67. The Morgan fingerprint density at radius 2 is 2.00 bits per heavy atom. The second-order valence-electron chi connectivity index (χ2n) is 4.57. The van der Waals surface area contributed by atoms with E-state index in [1.807, 2.05) is 0 Å². The van der Waals surface area contributed by atoms with Gasteiger partial charge in [-0.3, -0.25) is 24.6 Å². The van der Waals surface area contributed by atoms with Gasteiger partial charge in [0.1, 0.15) is 12.1 Å². The van der Waals surface area contributed by atoms with Crippen molar-refractivity contribution in [3.05, 3.63) is 63.5 Å². The second kappa shape index (κ2) is 8.25. The second-order valence-corrected chi connectivity index (χ2v) is 5.01. The average molecular weight is 368 g/mol. The van der Waals surface area contributed by atoms with Crippen LogP contribution in [0.25, 0.3) is 0 Å². The van der Waals surface area contributed by atoms with Crippen molar-refractivity contribution >= 4 is 40.5 Å². The van der Waals surface area contributed by atoms with E-state index in [4.69, 9.17) is 23.2 Å². The summed E-state index contributed by atoms with van der Waals surface area (Å²) in [5, 5.41) is 11.5. The topological polar surface area (TPSA) is 89.8 Å². The molecule has 2 aromatic carbocycles. The fraction of sp³-hybridized carbons (Fsp3) is 0.176. The Balaban J connectivity index is 2.85. The minimum absolute atomic E-state index is 0.0168. The zero-order valence-electron chi connectivity index (χ0n) is 18.0. The molecule has 25 heavy (non-hydrogen) atoms. The van der Waals surface area contributed by atoms with Crippen LogP contribution < -0.4 is 4.90 Å². The van der Waals surface area contributed by atoms with Gasteiger partial charge in [0.05, 0.1) is 18.4 Å². The molecule has 7 nitrogen and oxygen atoms in total. The van der Waals surface area contributed by atoms with Crippen LogP contribution in [0.1, 0.15) is 20.2 Å². The van der Waals surface area contributed by atoms with Crippen LogP contribution >= 0.6 is 11.6 Å². The normalized spacial score (nSPS) is 13.0. The van der Waals surface area contributed by atoms with Gasteiger partial charge in [-0.05, 0) is 31.1 Å². The van der Waals surface area contributed by atoms with Crippen molar-refractivity contribution in [2.45, 2.75) is 13.3 Å². The fourth-order valence-corrected chi connectivity index (χ4v) is 2.15. The van der Waals surface area contributed by atoms with E-state index >= 15 is 0 Å². The van der Waals surface area contributed by atoms with E-state index in [1.165, 1.54) is 13.0 Å². The van der Waals surface area contributed by atoms with E-state index < -0.39 is 70.5 Å². The summed E-state index contributed by atoms with van der Waals surface area (Å²) in [5.41, 5.74) is -1.73. The van der Waals surface area contributed by atoms with Gasteiger partial charge >= 0.3 is 5.97 Å². The summed E-state index contributed by atoms with van der Waals surface area (Å²) < 4.78 is 44.3. The van der Waals surface area contributed by atoms with Gasteiger partial charge in [-0.15, -0.1) is 0 Å². The molecule has 0 aliphatic rings. The van der Waals surface area contributed by atoms with Crippen molar-refractivity contribution in [2.75, 3.05) is 11.5 Å². The summed E-state index contributed by atoms with van der Waals surface area (Å²) in [7, 11) is 0. The smallest absolute Gasteiger partial charge is 0.315 e. The van der Waals surface area contributed by atoms with E-state index in [9.17, 15) is 19.7 Å². The third-order valence-corrected chi connectivity index (χ3v) is 3.17. The van der Waals surface area contributed by atoms with Gasteiger partial charge in [0.2, 0.25) is 5.91 Å². The molecule has 0 atom stereocenters. The molecule has 2 aromatic rings. The minimum Gasteiger partial charge on any atom is -0.466 e. The van der Waals surface area contributed by atoms with Crippen LogP contribution in [0.5, 0.6) is 0 Å². The molecular weight excluding hydrogens is 348 g/mol. The Morgan fingerprint density at radius 3 is 2.60 bits per heavy atom. The zero-order valence-corrected chi connectivity index (χ0v) is 13.7. The molecule has 0 heterocycles. The lowest BCUT2D eigenvalue weighted by Gasteiger charge is -2.22. The monoisotopic (exact) mass is 367 g/mol. The molecule has 0 aromatic heterocycles. The van der Waals surface area contributed by atoms with Crippen LogP contribution in [0.3, 0.4) is 0 Å². The van der Waals surface area contributed by atoms with Crippen molar-refractivity contribution in [3.8, 4) is 0 Å². The number of nitro benzene ring substituents is 1. The number of halogens is 1. The highest BCUT2D eigenvalue weighted by Crippen LogP contribution is 2.36. The van der Waals surface area contributed by atoms with Gasteiger partial charge in [-0.2, -0.15) is 0 Å². The van der Waals surface area contributed by atoms with Crippen molar-refractivity contribution in [3.63, 3.8) is 0 Å². The lowest BCUT2D eigenvalue weighted by molar-refractivity contribution is -0.384. The number of ether oxygens (including phenoxy) is 1. The van der Waals surface area contributed by atoms with Gasteiger partial charge in [0, 0.05) is 16.8 Å². The standard InChI is InChI=1S/C17H15ClN2O5/c1-2-25-17(22)11-16(21)19(13-6-4-3-5-7-13)15-10-12(18)8-9-14(15)20(23)24/h3-10H,2,11H2,1H3/i3D,4D,5D,6D,7D. The fourth-order valence-electron chi connectivity index (χ4n) is 1.98. The van der Waals surface area contributed by atoms with Crippen LogP contribution in [0.2, 0.25) is 5.02 Å². The van der Waals surface area contributed by atoms with E-state index in [2.05, 4.69) is 0 Å². The maximum absolute atomic E-state index is 13.0. The number of nitro groups is 1. The van der Waals surface area contributed by atoms with Crippen molar-refractivity contribution in [1.82, 2.24) is 0 Å². The summed E-state index contributed by atoms with van der Waals surface area (Å²) in [5.74, 6) is -2.05. The van der Waals surface area contributed by atoms with E-state index in [-0.39, 0.29) is 11.6 Å². The molecule has 0 N–H and O–H groups in total. The van der Waals surface area contributed by atoms with Crippen LogP contribution in [0.15, 0.2) is 48.4 Å². The molecular formula is C17H15ClN2O5. The first-order valence-electron chi connectivity index (χ1n) is 9.50.